The zero-order chi connectivity index (χ0) is 25.1. The Morgan fingerprint density at radius 2 is 1.30 bits per heavy atom. The van der Waals surface area contributed by atoms with Crippen LogP contribution in [0.1, 0.15) is 96.5 Å². The topological polar surface area (TPSA) is 141 Å². The van der Waals surface area contributed by atoms with Crippen LogP contribution in [-0.2, 0) is 15.8 Å². The van der Waals surface area contributed by atoms with E-state index in [4.69, 9.17) is 21.1 Å². The van der Waals surface area contributed by atoms with Crippen LogP contribution in [0.3, 0.4) is 0 Å². The van der Waals surface area contributed by atoms with Gasteiger partial charge in [0.15, 0.2) is 11.5 Å². The van der Waals surface area contributed by atoms with Crippen molar-refractivity contribution in [3.8, 4) is 11.5 Å². The maximum Gasteiger partial charge on any atom is 0.320 e. The average molecular weight is 488 g/mol. The molecule has 7 nitrogen and oxygen atoms in total. The Hall–Kier alpha value is -1.56. The number of carbonyl (C=O) groups is 1. The van der Waals surface area contributed by atoms with Crippen molar-refractivity contribution >= 4 is 13.3 Å². The molecule has 0 spiro atoms. The summed E-state index contributed by atoms with van der Waals surface area (Å²) in [5.74, 6) is -1.62. The molecular weight excluding hydrogens is 441 g/mol. The predicted molar refractivity (Wildman–Crippen MR) is 135 cm³/mol. The molecule has 0 unspecified atom stereocenters. The fourth-order valence-electron chi connectivity index (χ4n) is 3.43. The van der Waals surface area contributed by atoms with Gasteiger partial charge in [0.2, 0.25) is 7.37 Å². The molecule has 1 aromatic carbocycles. The Morgan fingerprint density at radius 1 is 0.848 bits per heavy atom. The summed E-state index contributed by atoms with van der Waals surface area (Å²) in [4.78, 5) is 20.3. The molecule has 33 heavy (non-hydrogen) atoms. The van der Waals surface area contributed by atoms with Gasteiger partial charge in [0.25, 0.3) is 0 Å². The average Bonchev–Trinajstić information content (AvgIpc) is 2.76. The summed E-state index contributed by atoms with van der Waals surface area (Å²) in [6, 6.07) is 3.09. The van der Waals surface area contributed by atoms with Crippen LogP contribution in [0.15, 0.2) is 18.2 Å². The number of hydrogen-bond acceptors (Lipinski definition) is 5. The first-order valence-corrected chi connectivity index (χ1v) is 14.5. The maximum absolute atomic E-state index is 11.9. The highest BCUT2D eigenvalue weighted by atomic mass is 31.2. The minimum atomic E-state index is -2.80. The third kappa shape index (κ3) is 17.6. The molecule has 0 aliphatic carbocycles. The Labute approximate surface area is 199 Å². The molecule has 0 amide bonds. The highest BCUT2D eigenvalue weighted by Gasteiger charge is 2.16. The monoisotopic (exact) mass is 487 g/mol. The molecule has 0 fully saturated rings. The summed E-state index contributed by atoms with van der Waals surface area (Å²) in [5.41, 5.74) is 5.86. The normalized spacial score (nSPS) is 12.1. The molecule has 0 aliphatic heterocycles. The highest BCUT2D eigenvalue weighted by molar-refractivity contribution is 7.57. The first-order valence-electron chi connectivity index (χ1n) is 12.4. The molecule has 6 N–H and O–H groups in total. The summed E-state index contributed by atoms with van der Waals surface area (Å²) in [5, 5.41) is 26.6. The third-order valence-corrected chi connectivity index (χ3v) is 7.56. The quantitative estimate of drug-likeness (QED) is 0.103. The van der Waals surface area contributed by atoms with Crippen molar-refractivity contribution in [3.05, 3.63) is 23.8 Å². The molecule has 0 aliphatic rings. The number of phenolic OH excluding ortho intramolecular Hbond substituents is 2. The third-order valence-electron chi connectivity index (χ3n) is 5.53. The first kappa shape index (κ1) is 31.4. The van der Waals surface area contributed by atoms with Crippen molar-refractivity contribution in [1.82, 2.24) is 0 Å². The number of nitrogens with two attached hydrogens (primary N) is 1. The van der Waals surface area contributed by atoms with Gasteiger partial charge < -0.3 is 25.9 Å². The van der Waals surface area contributed by atoms with Gasteiger partial charge in [-0.25, -0.2) is 0 Å². The van der Waals surface area contributed by atoms with Crippen molar-refractivity contribution in [3.63, 3.8) is 0 Å². The second-order valence-electron chi connectivity index (χ2n) is 8.80. The molecule has 0 saturated heterocycles. The second-order valence-corrected chi connectivity index (χ2v) is 11.4. The number of carboxylic acids is 1. The molecule has 0 saturated carbocycles. The zero-order valence-electron chi connectivity index (χ0n) is 20.5. The summed E-state index contributed by atoms with van der Waals surface area (Å²) in [6.45, 7) is 4.42. The lowest BCUT2D eigenvalue weighted by molar-refractivity contribution is -0.138. The molecule has 1 rings (SSSR count). The molecule has 8 heteroatoms. The molecule has 0 radical (unpaired) electrons. The van der Waals surface area contributed by atoms with E-state index in [-0.39, 0.29) is 17.9 Å². The Morgan fingerprint density at radius 3 is 1.73 bits per heavy atom. The van der Waals surface area contributed by atoms with Gasteiger partial charge in [0, 0.05) is 12.3 Å². The van der Waals surface area contributed by atoms with E-state index in [0.29, 0.717) is 17.9 Å². The van der Waals surface area contributed by atoms with Gasteiger partial charge in [0.1, 0.15) is 6.04 Å². The second kappa shape index (κ2) is 18.8. The molecular formula is C25H46NO6P. The fraction of sp³-hybridized carbons (Fsp3) is 0.720. The summed E-state index contributed by atoms with van der Waals surface area (Å²) in [7, 11) is -2.80. The number of carboxylic acid groups (broad SMARTS) is 1. The molecule has 192 valence electrons. The smallest absolute Gasteiger partial charge is 0.320 e. The van der Waals surface area contributed by atoms with Crippen LogP contribution in [0.2, 0.25) is 0 Å². The molecule has 1 aromatic rings. The number of hydrogen-bond donors (Lipinski definition) is 5. The SMILES string of the molecule is CCCCCCCCP(=O)(O)CCCCCCCC.N[C@@H](Cc1ccc(O)c(O)c1)C(=O)O. The number of aliphatic carboxylic acids is 1. The van der Waals surface area contributed by atoms with Crippen LogP contribution in [0.5, 0.6) is 11.5 Å². The largest absolute Gasteiger partial charge is 0.504 e. The Bertz CT molecular complexity index is 677. The lowest BCUT2D eigenvalue weighted by Crippen LogP contribution is -2.32. The van der Waals surface area contributed by atoms with E-state index in [1.807, 2.05) is 0 Å². The van der Waals surface area contributed by atoms with E-state index in [9.17, 15) is 14.3 Å². The minimum absolute atomic E-state index is 0.114. The number of aromatic hydroxyl groups is 2. The van der Waals surface area contributed by atoms with Crippen molar-refractivity contribution in [2.24, 2.45) is 5.73 Å². The number of benzene rings is 1. The lowest BCUT2D eigenvalue weighted by atomic mass is 10.1. The van der Waals surface area contributed by atoms with Crippen LogP contribution < -0.4 is 5.73 Å². The van der Waals surface area contributed by atoms with Crippen molar-refractivity contribution in [2.45, 2.75) is 103 Å². The lowest BCUT2D eigenvalue weighted by Gasteiger charge is -2.11. The molecule has 0 heterocycles. The van der Waals surface area contributed by atoms with Gasteiger partial charge in [-0.3, -0.25) is 9.36 Å². The van der Waals surface area contributed by atoms with Crippen LogP contribution in [-0.4, -0.2) is 44.5 Å². The number of unbranched alkanes of at least 4 members (excludes halogenated alkanes) is 10. The molecule has 0 aromatic heterocycles. The van der Waals surface area contributed by atoms with Gasteiger partial charge in [-0.05, 0) is 37.0 Å². The predicted octanol–water partition coefficient (Wildman–Crippen LogP) is 6.03. The zero-order valence-corrected chi connectivity index (χ0v) is 21.4. The van der Waals surface area contributed by atoms with Crippen LogP contribution >= 0.6 is 7.37 Å². The van der Waals surface area contributed by atoms with Crippen LogP contribution in [0.25, 0.3) is 0 Å². The van der Waals surface area contributed by atoms with E-state index in [2.05, 4.69) is 13.8 Å². The van der Waals surface area contributed by atoms with E-state index in [0.717, 1.165) is 25.7 Å². The van der Waals surface area contributed by atoms with Crippen molar-refractivity contribution < 1.29 is 29.6 Å². The van der Waals surface area contributed by atoms with Crippen LogP contribution in [0.4, 0.5) is 0 Å². The molecule has 1 atom stereocenters. The minimum Gasteiger partial charge on any atom is -0.504 e. The highest BCUT2D eigenvalue weighted by Crippen LogP contribution is 2.42. The van der Waals surface area contributed by atoms with E-state index in [1.54, 1.807) is 0 Å². The van der Waals surface area contributed by atoms with Gasteiger partial charge in [-0.1, -0.05) is 84.1 Å². The summed E-state index contributed by atoms with van der Waals surface area (Å²) >= 11 is 0. The van der Waals surface area contributed by atoms with Gasteiger partial charge in [0.05, 0.1) is 0 Å². The Balaban J connectivity index is 0.000000647. The van der Waals surface area contributed by atoms with Crippen molar-refractivity contribution in [1.29, 1.82) is 0 Å². The van der Waals surface area contributed by atoms with Gasteiger partial charge >= 0.3 is 5.97 Å². The van der Waals surface area contributed by atoms with E-state index in [1.165, 1.54) is 69.6 Å². The van der Waals surface area contributed by atoms with Crippen LogP contribution in [0, 0.1) is 0 Å². The summed E-state index contributed by atoms with van der Waals surface area (Å²) in [6.07, 6.45) is 15.5. The van der Waals surface area contributed by atoms with E-state index < -0.39 is 19.4 Å². The van der Waals surface area contributed by atoms with Crippen molar-refractivity contribution in [2.75, 3.05) is 12.3 Å². The Kier molecular flexibility index (Phi) is 17.9. The fourth-order valence-corrected chi connectivity index (χ4v) is 5.09. The van der Waals surface area contributed by atoms with E-state index >= 15 is 0 Å². The maximum atomic E-state index is 11.9. The van der Waals surface area contributed by atoms with Gasteiger partial charge in [-0.15, -0.1) is 0 Å². The first-order chi connectivity index (χ1) is 15.6. The summed E-state index contributed by atoms with van der Waals surface area (Å²) < 4.78 is 11.9. The molecule has 0 bridgehead atoms. The number of phenols is 2. The standard InChI is InChI=1S/C16H35O2P.C9H11NO4/c1-3-5-7-9-11-13-15-19(17,18)16-14-12-10-8-6-4-2;10-6(9(13)14)3-5-1-2-7(11)8(12)4-5/h3-16H2,1-2H3,(H,17,18);1-2,4,6,11-12H,3,10H2,(H,13,14)/t;6-/m.0/s1. The number of rotatable bonds is 17. The van der Waals surface area contributed by atoms with Gasteiger partial charge in [-0.2, -0.15) is 0 Å².